The van der Waals surface area contributed by atoms with Gasteiger partial charge in [0.15, 0.2) is 5.78 Å². The van der Waals surface area contributed by atoms with Gasteiger partial charge >= 0.3 is 5.97 Å². The number of fused-ring (bicyclic) bond motifs is 1. The fourth-order valence-corrected chi connectivity index (χ4v) is 7.84. The molecular weight excluding hydrogens is 641 g/mol. The molecule has 1 amide bonds. The van der Waals surface area contributed by atoms with Gasteiger partial charge in [-0.15, -0.1) is 0 Å². The van der Waals surface area contributed by atoms with Crippen molar-refractivity contribution < 1.29 is 24.2 Å². The van der Waals surface area contributed by atoms with E-state index in [9.17, 15) is 19.5 Å². The first-order chi connectivity index (χ1) is 22.6. The third-order valence-corrected chi connectivity index (χ3v) is 10.7. The van der Waals surface area contributed by atoms with E-state index in [2.05, 4.69) is 27.1 Å². The molecule has 0 spiro atoms. The fourth-order valence-electron chi connectivity index (χ4n) is 7.38. The number of aliphatic carboxylic acids is 1. The van der Waals surface area contributed by atoms with Crippen LogP contribution < -0.4 is 5.32 Å². The van der Waals surface area contributed by atoms with Crippen LogP contribution in [0.15, 0.2) is 42.6 Å². The van der Waals surface area contributed by atoms with Gasteiger partial charge in [-0.3, -0.25) is 24.2 Å². The standard InChI is InChI=1S/C35H43Cl2N5O5/c1-39-15-17-42(18-16-39)35(41-13-5-6-14-41,47-25-11-9-23(10-12-25)34(45)46)32(43)20-24-19-29(37)30(21-28(24)36)38-33(44)27-22-40(2)31-8-4-3-7-26(27)31/h3-4,7-8,19,21-23,25H,5-6,9-18,20H2,1-2H3,(H,38,44)(H,45,46)/t23-,25-,35?. The van der Waals surface area contributed by atoms with E-state index >= 15 is 0 Å². The summed E-state index contributed by atoms with van der Waals surface area (Å²) in [6.45, 7) is 4.39. The number of carbonyl (C=O) groups excluding carboxylic acids is 2. The normalized spacial score (nSPS) is 22.7. The van der Waals surface area contributed by atoms with Crippen LogP contribution in [0.1, 0.15) is 54.4 Å². The summed E-state index contributed by atoms with van der Waals surface area (Å²) < 4.78 is 8.89. The number of piperazine rings is 1. The second-order valence-electron chi connectivity index (χ2n) is 13.2. The Morgan fingerprint density at radius 3 is 2.26 bits per heavy atom. The molecule has 10 nitrogen and oxygen atoms in total. The number of nitrogens with one attached hydrogen (secondary N) is 1. The van der Waals surface area contributed by atoms with E-state index in [1.54, 1.807) is 18.3 Å². The van der Waals surface area contributed by atoms with Crippen molar-refractivity contribution in [1.29, 1.82) is 0 Å². The Morgan fingerprint density at radius 1 is 0.915 bits per heavy atom. The van der Waals surface area contributed by atoms with E-state index in [4.69, 9.17) is 27.9 Å². The quantitative estimate of drug-likeness (QED) is 0.288. The predicted octanol–water partition coefficient (Wildman–Crippen LogP) is 5.51. The summed E-state index contributed by atoms with van der Waals surface area (Å²) in [6, 6.07) is 11.0. The van der Waals surface area contributed by atoms with Crippen molar-refractivity contribution in [3.05, 3.63) is 63.8 Å². The Labute approximate surface area is 285 Å². The van der Waals surface area contributed by atoms with Crippen molar-refractivity contribution in [2.45, 2.75) is 56.9 Å². The topological polar surface area (TPSA) is 107 Å². The Kier molecular flexibility index (Phi) is 10.3. The van der Waals surface area contributed by atoms with E-state index in [-0.39, 0.29) is 35.2 Å². The summed E-state index contributed by atoms with van der Waals surface area (Å²) in [5, 5.41) is 13.9. The van der Waals surface area contributed by atoms with Gasteiger partial charge in [-0.25, -0.2) is 0 Å². The number of amides is 1. The zero-order chi connectivity index (χ0) is 33.3. The molecule has 6 rings (SSSR count). The number of carbonyl (C=O) groups is 3. The van der Waals surface area contributed by atoms with Gasteiger partial charge in [0.2, 0.25) is 5.85 Å². The number of anilines is 1. The molecule has 1 aliphatic carbocycles. The number of para-hydroxylation sites is 1. The average molecular weight is 685 g/mol. The number of hydrogen-bond donors (Lipinski definition) is 2. The van der Waals surface area contributed by atoms with Gasteiger partial charge in [0.25, 0.3) is 5.91 Å². The number of Topliss-reactive ketones (excluding diaryl/α,β-unsaturated/α-hetero) is 1. The number of carboxylic acid groups (broad SMARTS) is 1. The Hall–Kier alpha value is -2.99. The molecule has 2 aliphatic heterocycles. The van der Waals surface area contributed by atoms with Crippen molar-refractivity contribution in [2.24, 2.45) is 13.0 Å². The van der Waals surface area contributed by atoms with Crippen LogP contribution in [0, 0.1) is 5.92 Å². The lowest BCUT2D eigenvalue weighted by molar-refractivity contribution is -0.260. The smallest absolute Gasteiger partial charge is 0.306 e. The maximum atomic E-state index is 14.8. The maximum Gasteiger partial charge on any atom is 0.306 e. The van der Waals surface area contributed by atoms with Crippen LogP contribution in [-0.2, 0) is 27.8 Å². The van der Waals surface area contributed by atoms with Crippen LogP contribution >= 0.6 is 23.2 Å². The van der Waals surface area contributed by atoms with Crippen molar-refractivity contribution in [2.75, 3.05) is 51.6 Å². The van der Waals surface area contributed by atoms with Gasteiger partial charge in [-0.1, -0.05) is 41.4 Å². The van der Waals surface area contributed by atoms with Crippen molar-refractivity contribution in [3.8, 4) is 0 Å². The second-order valence-corrected chi connectivity index (χ2v) is 14.0. The first-order valence-corrected chi connectivity index (χ1v) is 17.3. The fraction of sp³-hybridized carbons (Fsp3) is 0.514. The molecule has 2 N–H and O–H groups in total. The molecule has 2 aromatic carbocycles. The van der Waals surface area contributed by atoms with E-state index < -0.39 is 11.8 Å². The van der Waals surface area contributed by atoms with Crippen LogP contribution in [0.25, 0.3) is 10.9 Å². The Balaban J connectivity index is 1.27. The molecule has 1 unspecified atom stereocenters. The molecule has 3 aromatic rings. The number of rotatable bonds is 10. The van der Waals surface area contributed by atoms with Crippen LogP contribution in [0.3, 0.4) is 0 Å². The predicted molar refractivity (Wildman–Crippen MR) is 183 cm³/mol. The molecule has 1 saturated carbocycles. The van der Waals surface area contributed by atoms with Gasteiger partial charge in [0, 0.05) is 74.9 Å². The number of nitrogens with zero attached hydrogens (tertiary/aromatic N) is 4. The molecule has 47 heavy (non-hydrogen) atoms. The van der Waals surface area contributed by atoms with Crippen molar-refractivity contribution >= 4 is 57.5 Å². The van der Waals surface area contributed by atoms with E-state index in [1.165, 1.54) is 0 Å². The highest BCUT2D eigenvalue weighted by Gasteiger charge is 2.53. The van der Waals surface area contributed by atoms with Crippen LogP contribution in [-0.4, -0.2) is 100 Å². The number of ketones is 1. The Bertz CT molecular complexity index is 1640. The van der Waals surface area contributed by atoms with Gasteiger partial charge in [-0.05, 0) is 69.3 Å². The highest BCUT2D eigenvalue weighted by molar-refractivity contribution is 6.36. The summed E-state index contributed by atoms with van der Waals surface area (Å²) in [5.41, 5.74) is 2.38. The van der Waals surface area contributed by atoms with Gasteiger partial charge in [-0.2, -0.15) is 0 Å². The molecule has 3 fully saturated rings. The summed E-state index contributed by atoms with van der Waals surface area (Å²) in [5.74, 6) is -2.87. The number of hydrogen-bond acceptors (Lipinski definition) is 7. The highest BCUT2D eigenvalue weighted by atomic mass is 35.5. The largest absolute Gasteiger partial charge is 0.481 e. The molecule has 3 aliphatic rings. The summed E-state index contributed by atoms with van der Waals surface area (Å²) >= 11 is 13.6. The zero-order valence-corrected chi connectivity index (χ0v) is 28.5. The SMILES string of the molecule is CN1CCN(C(O[C@H]2CC[C@H](C(=O)O)CC2)(C(=O)Cc2cc(Cl)c(NC(=O)c3cn(C)c4ccccc34)cc2Cl)N2CCCC2)CC1. The molecule has 1 aromatic heterocycles. The van der Waals surface area contributed by atoms with Crippen LogP contribution in [0.2, 0.25) is 10.0 Å². The van der Waals surface area contributed by atoms with E-state index in [0.717, 1.165) is 49.9 Å². The van der Waals surface area contributed by atoms with Crippen molar-refractivity contribution in [1.82, 2.24) is 19.3 Å². The molecule has 3 heterocycles. The van der Waals surface area contributed by atoms with Gasteiger partial charge in [0.05, 0.1) is 28.3 Å². The summed E-state index contributed by atoms with van der Waals surface area (Å²) in [7, 11) is 3.97. The number of aryl methyl sites for hydroxylation is 1. The summed E-state index contributed by atoms with van der Waals surface area (Å²) in [6.07, 6.45) is 5.71. The number of aromatic nitrogens is 1. The molecule has 0 radical (unpaired) electrons. The third kappa shape index (κ3) is 6.95. The van der Waals surface area contributed by atoms with Gasteiger partial charge < -0.3 is 24.6 Å². The highest BCUT2D eigenvalue weighted by Crippen LogP contribution is 2.38. The first-order valence-electron chi connectivity index (χ1n) is 16.5. The minimum atomic E-state index is -1.30. The second kappa shape index (κ2) is 14.2. The maximum absolute atomic E-state index is 14.8. The lowest BCUT2D eigenvalue weighted by Crippen LogP contribution is -2.70. The number of halogens is 2. The van der Waals surface area contributed by atoms with Crippen LogP contribution in [0.5, 0.6) is 0 Å². The monoisotopic (exact) mass is 683 g/mol. The number of carboxylic acids is 1. The van der Waals surface area contributed by atoms with Crippen LogP contribution in [0.4, 0.5) is 5.69 Å². The minimum absolute atomic E-state index is 0.0105. The molecule has 1 atom stereocenters. The molecule has 252 valence electrons. The number of benzene rings is 2. The number of likely N-dealkylation sites (tertiary alicyclic amines) is 1. The van der Waals surface area contributed by atoms with E-state index in [0.29, 0.717) is 60.6 Å². The number of ether oxygens (including phenoxy) is 1. The van der Waals surface area contributed by atoms with Gasteiger partial charge in [0.1, 0.15) is 0 Å². The zero-order valence-electron chi connectivity index (χ0n) is 27.0. The molecule has 0 bridgehead atoms. The van der Waals surface area contributed by atoms with Crippen molar-refractivity contribution in [3.63, 3.8) is 0 Å². The van der Waals surface area contributed by atoms with E-state index in [1.807, 2.05) is 35.9 Å². The molecule has 12 heteroatoms. The Morgan fingerprint density at radius 2 is 1.57 bits per heavy atom. The minimum Gasteiger partial charge on any atom is -0.481 e. The lowest BCUT2D eigenvalue weighted by Gasteiger charge is -2.51. The third-order valence-electron chi connectivity index (χ3n) is 10.1. The molecular formula is C35H43Cl2N5O5. The number of likely N-dealkylation sites (N-methyl/N-ethyl adjacent to an activating group) is 1. The average Bonchev–Trinajstić information content (AvgIpc) is 3.72. The molecule has 2 saturated heterocycles. The summed E-state index contributed by atoms with van der Waals surface area (Å²) in [4.78, 5) is 46.4. The lowest BCUT2D eigenvalue weighted by atomic mass is 9.87. The first kappa shape index (κ1) is 33.9.